The summed E-state index contributed by atoms with van der Waals surface area (Å²) >= 11 is 0. The van der Waals surface area contributed by atoms with Crippen LogP contribution in [0.25, 0.3) is 0 Å². The average molecular weight is 278 g/mol. The zero-order chi connectivity index (χ0) is 15.0. The number of hydrogen-bond acceptors (Lipinski definition) is 3. The number of ether oxygens (including phenoxy) is 1. The van der Waals surface area contributed by atoms with E-state index in [2.05, 4.69) is 12.2 Å². The van der Waals surface area contributed by atoms with Crippen molar-refractivity contribution >= 4 is 5.91 Å². The number of nitrogens with two attached hydrogens (primary N) is 1. The molecule has 0 saturated carbocycles. The van der Waals surface area contributed by atoms with Crippen LogP contribution in [0.5, 0.6) is 5.75 Å². The van der Waals surface area contributed by atoms with Crippen molar-refractivity contribution in [3.63, 3.8) is 0 Å². The second kappa shape index (κ2) is 8.59. The smallest absolute Gasteiger partial charge is 0.260 e. The highest BCUT2D eigenvalue weighted by Gasteiger charge is 2.14. The lowest BCUT2D eigenvalue weighted by Crippen LogP contribution is -2.36. The Hall–Kier alpha value is -1.55. The minimum Gasteiger partial charge on any atom is -0.481 e. The molecule has 0 aromatic heterocycles. The highest BCUT2D eigenvalue weighted by atomic mass is 16.5. The molecule has 20 heavy (non-hydrogen) atoms. The molecule has 0 heterocycles. The summed E-state index contributed by atoms with van der Waals surface area (Å²) in [6, 6.07) is 7.86. The normalized spacial score (nSPS) is 13.6. The molecule has 1 rings (SSSR count). The van der Waals surface area contributed by atoms with Crippen LogP contribution in [-0.4, -0.2) is 24.6 Å². The van der Waals surface area contributed by atoms with Gasteiger partial charge in [-0.05, 0) is 44.4 Å². The van der Waals surface area contributed by atoms with Crippen molar-refractivity contribution in [3.8, 4) is 5.75 Å². The van der Waals surface area contributed by atoms with Crippen molar-refractivity contribution in [2.24, 2.45) is 5.73 Å². The molecule has 1 amide bonds. The van der Waals surface area contributed by atoms with Gasteiger partial charge in [-0.1, -0.05) is 25.5 Å². The van der Waals surface area contributed by atoms with Crippen LogP contribution >= 0.6 is 0 Å². The predicted molar refractivity (Wildman–Crippen MR) is 81.8 cm³/mol. The van der Waals surface area contributed by atoms with E-state index in [0.29, 0.717) is 12.3 Å². The van der Waals surface area contributed by atoms with E-state index in [4.69, 9.17) is 10.5 Å². The molecule has 4 heteroatoms. The molecule has 1 aromatic carbocycles. The van der Waals surface area contributed by atoms with Gasteiger partial charge < -0.3 is 15.8 Å². The van der Waals surface area contributed by atoms with Crippen LogP contribution < -0.4 is 15.8 Å². The van der Waals surface area contributed by atoms with Crippen LogP contribution in [-0.2, 0) is 11.2 Å². The molecule has 0 fully saturated rings. The van der Waals surface area contributed by atoms with Gasteiger partial charge in [0.1, 0.15) is 5.75 Å². The highest BCUT2D eigenvalue weighted by molar-refractivity contribution is 5.80. The van der Waals surface area contributed by atoms with Crippen molar-refractivity contribution < 1.29 is 9.53 Å². The van der Waals surface area contributed by atoms with Crippen LogP contribution in [0, 0.1) is 0 Å². The van der Waals surface area contributed by atoms with Crippen LogP contribution in [0.4, 0.5) is 0 Å². The van der Waals surface area contributed by atoms with Crippen molar-refractivity contribution in [2.45, 2.75) is 52.2 Å². The summed E-state index contributed by atoms with van der Waals surface area (Å²) in [5.74, 6) is 0.636. The summed E-state index contributed by atoms with van der Waals surface area (Å²) in [6.07, 6.45) is 2.36. The summed E-state index contributed by atoms with van der Waals surface area (Å²) in [4.78, 5) is 11.8. The first-order valence-electron chi connectivity index (χ1n) is 7.31. The molecule has 2 atom stereocenters. The van der Waals surface area contributed by atoms with E-state index >= 15 is 0 Å². The van der Waals surface area contributed by atoms with Gasteiger partial charge >= 0.3 is 0 Å². The van der Waals surface area contributed by atoms with Crippen LogP contribution in [0.1, 0.15) is 39.2 Å². The monoisotopic (exact) mass is 278 g/mol. The Kier molecular flexibility index (Phi) is 7.09. The molecule has 0 radical (unpaired) electrons. The Morgan fingerprint density at radius 3 is 2.80 bits per heavy atom. The lowest BCUT2D eigenvalue weighted by molar-refractivity contribution is -0.127. The summed E-state index contributed by atoms with van der Waals surface area (Å²) in [5.41, 5.74) is 6.91. The Morgan fingerprint density at radius 2 is 2.15 bits per heavy atom. The van der Waals surface area contributed by atoms with Crippen molar-refractivity contribution in [1.82, 2.24) is 5.32 Å². The number of benzene rings is 1. The van der Waals surface area contributed by atoms with Crippen LogP contribution in [0.3, 0.4) is 0 Å². The molecule has 3 N–H and O–H groups in total. The van der Waals surface area contributed by atoms with E-state index < -0.39 is 6.10 Å². The first-order valence-corrected chi connectivity index (χ1v) is 7.31. The maximum absolute atomic E-state index is 11.8. The Labute approximate surface area is 121 Å². The fourth-order valence-corrected chi connectivity index (χ4v) is 1.91. The lowest BCUT2D eigenvalue weighted by atomic mass is 10.1. The average Bonchev–Trinajstić information content (AvgIpc) is 2.38. The third-order valence-electron chi connectivity index (χ3n) is 2.97. The highest BCUT2D eigenvalue weighted by Crippen LogP contribution is 2.16. The van der Waals surface area contributed by atoms with Crippen molar-refractivity contribution in [2.75, 3.05) is 6.54 Å². The lowest BCUT2D eigenvalue weighted by Gasteiger charge is -2.15. The second-order valence-electron chi connectivity index (χ2n) is 5.23. The van der Waals surface area contributed by atoms with Crippen molar-refractivity contribution in [3.05, 3.63) is 29.8 Å². The van der Waals surface area contributed by atoms with Gasteiger partial charge in [0.2, 0.25) is 0 Å². The van der Waals surface area contributed by atoms with Gasteiger partial charge in [-0.15, -0.1) is 0 Å². The van der Waals surface area contributed by atoms with Gasteiger partial charge in [0.15, 0.2) is 6.10 Å². The van der Waals surface area contributed by atoms with Crippen molar-refractivity contribution in [1.29, 1.82) is 0 Å². The van der Waals surface area contributed by atoms with Gasteiger partial charge in [0, 0.05) is 12.6 Å². The largest absolute Gasteiger partial charge is 0.481 e. The molecule has 112 valence electrons. The van der Waals surface area contributed by atoms with E-state index in [0.717, 1.165) is 24.8 Å². The third kappa shape index (κ3) is 6.06. The van der Waals surface area contributed by atoms with E-state index in [9.17, 15) is 4.79 Å². The first-order chi connectivity index (χ1) is 9.52. The van der Waals surface area contributed by atoms with E-state index in [-0.39, 0.29) is 11.9 Å². The molecule has 2 unspecified atom stereocenters. The standard InChI is InChI=1S/C16H26N2O2/c1-4-5-9-18-16(19)13(3)20-15-8-6-7-14(11-15)10-12(2)17/h6-8,11-13H,4-5,9-10,17H2,1-3H3,(H,18,19). The number of amides is 1. The SMILES string of the molecule is CCCCNC(=O)C(C)Oc1cccc(CC(C)N)c1. The molecular formula is C16H26N2O2. The molecule has 0 saturated heterocycles. The summed E-state index contributed by atoms with van der Waals surface area (Å²) in [5, 5.41) is 2.87. The fourth-order valence-electron chi connectivity index (χ4n) is 1.91. The Bertz CT molecular complexity index is 419. The van der Waals surface area contributed by atoms with Crippen LogP contribution in [0.15, 0.2) is 24.3 Å². The molecule has 1 aromatic rings. The third-order valence-corrected chi connectivity index (χ3v) is 2.97. The maximum atomic E-state index is 11.8. The maximum Gasteiger partial charge on any atom is 0.260 e. The Balaban J connectivity index is 2.52. The number of carbonyl (C=O) groups is 1. The van der Waals surface area contributed by atoms with Gasteiger partial charge in [-0.3, -0.25) is 4.79 Å². The molecule has 0 aliphatic carbocycles. The van der Waals surface area contributed by atoms with Gasteiger partial charge in [-0.2, -0.15) is 0 Å². The molecule has 0 spiro atoms. The van der Waals surface area contributed by atoms with Gasteiger partial charge in [0.25, 0.3) is 5.91 Å². The summed E-state index contributed by atoms with van der Waals surface area (Å²) < 4.78 is 5.68. The minimum absolute atomic E-state index is 0.0731. The van der Waals surface area contributed by atoms with Crippen LogP contribution in [0.2, 0.25) is 0 Å². The van der Waals surface area contributed by atoms with Gasteiger partial charge in [-0.25, -0.2) is 0 Å². The van der Waals surface area contributed by atoms with Gasteiger partial charge in [0.05, 0.1) is 0 Å². The molecule has 0 aliphatic rings. The molecule has 0 aliphatic heterocycles. The molecule has 4 nitrogen and oxygen atoms in total. The number of rotatable bonds is 8. The topological polar surface area (TPSA) is 64.3 Å². The van der Waals surface area contributed by atoms with E-state index in [1.54, 1.807) is 6.92 Å². The summed E-state index contributed by atoms with van der Waals surface area (Å²) in [7, 11) is 0. The number of carbonyl (C=O) groups excluding carboxylic acids is 1. The number of hydrogen-bond donors (Lipinski definition) is 2. The molecular weight excluding hydrogens is 252 g/mol. The number of nitrogens with one attached hydrogen (secondary N) is 1. The number of unbranched alkanes of at least 4 members (excludes halogenated alkanes) is 1. The van der Waals surface area contributed by atoms with E-state index in [1.807, 2.05) is 31.2 Å². The Morgan fingerprint density at radius 1 is 1.40 bits per heavy atom. The minimum atomic E-state index is -0.489. The summed E-state index contributed by atoms with van der Waals surface area (Å²) in [6.45, 7) is 6.53. The zero-order valence-corrected chi connectivity index (χ0v) is 12.7. The predicted octanol–water partition coefficient (Wildman–Crippen LogP) is 2.26. The second-order valence-corrected chi connectivity index (χ2v) is 5.23. The quantitative estimate of drug-likeness (QED) is 0.717. The fraction of sp³-hybridized carbons (Fsp3) is 0.562. The van der Waals surface area contributed by atoms with E-state index in [1.165, 1.54) is 0 Å². The molecule has 0 bridgehead atoms. The first kappa shape index (κ1) is 16.5. The zero-order valence-electron chi connectivity index (χ0n) is 12.7.